The zero-order chi connectivity index (χ0) is 20.1. The van der Waals surface area contributed by atoms with E-state index in [1.165, 1.54) is 17.0 Å². The molecule has 0 aromatic rings. The van der Waals surface area contributed by atoms with Crippen LogP contribution in [0, 0.1) is 61.9 Å². The van der Waals surface area contributed by atoms with E-state index in [2.05, 4.69) is 52.1 Å². The predicted octanol–water partition coefficient (Wildman–Crippen LogP) is 4.68. The van der Waals surface area contributed by atoms with Gasteiger partial charge in [-0.1, -0.05) is 39.3 Å². The molecular weight excluding hydrogens is 424 g/mol. The van der Waals surface area contributed by atoms with Crippen LogP contribution in [0.5, 0.6) is 0 Å². The zero-order valence-electron chi connectivity index (χ0n) is 18.4. The first kappa shape index (κ1) is 26.9. The molecule has 2 atom stereocenters. The second-order valence-corrected chi connectivity index (χ2v) is 19.3. The number of hydrogen-bond acceptors (Lipinski definition) is 3. The van der Waals surface area contributed by atoms with Gasteiger partial charge in [-0.3, -0.25) is 0 Å². The molecule has 6 heteroatoms. The van der Waals surface area contributed by atoms with Crippen LogP contribution in [-0.2, 0) is 31.3 Å². The SMILES string of the molecule is COC[C@@H]1CCO[C@H]([C]2[C]([Si](C)(C)C)[CH][CH][C]2[Si](C)(C)C)O1.[CH]1[CH][CH][CH][CH]1.[Fe+2]. The van der Waals surface area contributed by atoms with Crippen molar-refractivity contribution < 1.29 is 31.3 Å². The second kappa shape index (κ2) is 12.0. The van der Waals surface area contributed by atoms with Crippen molar-refractivity contribution in [2.45, 2.75) is 58.1 Å². The molecule has 3 rings (SSSR count). The van der Waals surface area contributed by atoms with Gasteiger partial charge in [0.15, 0.2) is 6.29 Å². The number of ether oxygens (including phenoxy) is 3. The molecule has 0 unspecified atom stereocenters. The first-order valence-corrected chi connectivity index (χ1v) is 16.9. The predicted molar refractivity (Wildman–Crippen MR) is 118 cm³/mol. The molecule has 3 nitrogen and oxygen atoms in total. The fraction of sp³-hybridized carbons (Fsp3) is 0.545. The molecule has 0 aromatic carbocycles. The molecular formula is C22H36FeO3Si2+2. The van der Waals surface area contributed by atoms with E-state index in [1.807, 2.05) is 32.1 Å². The van der Waals surface area contributed by atoms with Gasteiger partial charge in [-0.2, -0.15) is 0 Å². The molecule has 0 spiro atoms. The summed E-state index contributed by atoms with van der Waals surface area (Å²) in [6.07, 6.45) is 15.5. The van der Waals surface area contributed by atoms with Crippen molar-refractivity contribution in [3.63, 3.8) is 0 Å². The Hall–Kier alpha value is 0.833. The Morgan fingerprint density at radius 2 is 1.36 bits per heavy atom. The van der Waals surface area contributed by atoms with E-state index in [9.17, 15) is 0 Å². The topological polar surface area (TPSA) is 27.7 Å². The molecule has 1 heterocycles. The van der Waals surface area contributed by atoms with Gasteiger partial charge >= 0.3 is 17.1 Å². The summed E-state index contributed by atoms with van der Waals surface area (Å²) in [5.74, 6) is 1.35. The van der Waals surface area contributed by atoms with Gasteiger partial charge in [0.05, 0.1) is 35.5 Å². The summed E-state index contributed by atoms with van der Waals surface area (Å²) in [4.78, 5) is 0. The van der Waals surface area contributed by atoms with E-state index >= 15 is 0 Å². The molecule has 0 N–H and O–H groups in total. The summed E-state index contributed by atoms with van der Waals surface area (Å²) in [5.41, 5.74) is 2.99. The molecule has 1 aliphatic heterocycles. The van der Waals surface area contributed by atoms with E-state index in [-0.39, 0.29) is 29.5 Å². The third kappa shape index (κ3) is 7.83. The summed E-state index contributed by atoms with van der Waals surface area (Å²) < 4.78 is 17.6. The molecule has 2 saturated carbocycles. The maximum Gasteiger partial charge on any atom is 2.00 e. The van der Waals surface area contributed by atoms with E-state index in [1.54, 1.807) is 7.11 Å². The van der Waals surface area contributed by atoms with Gasteiger partial charge in [0, 0.05) is 13.0 Å². The summed E-state index contributed by atoms with van der Waals surface area (Å²) in [6.45, 7) is 15.8. The molecule has 0 amide bonds. The van der Waals surface area contributed by atoms with Crippen molar-refractivity contribution in [1.82, 2.24) is 0 Å². The van der Waals surface area contributed by atoms with E-state index in [0.717, 1.165) is 13.0 Å². The van der Waals surface area contributed by atoms with Crippen LogP contribution in [0.25, 0.3) is 0 Å². The Morgan fingerprint density at radius 3 is 1.75 bits per heavy atom. The maximum absolute atomic E-state index is 6.24. The molecule has 0 aromatic heterocycles. The molecule has 156 valence electrons. The number of methoxy groups -OCH3 is 1. The Kier molecular flexibility index (Phi) is 11.5. The standard InChI is InChI=1S/C17H31O3Si2.C5H5.Fe/c1-18-12-13-10-11-19-17(20-13)16-14(21(2,3)4)8-9-15(16)22(5,6)7;1-2-4-5-3-1;/h8-9,13,17H,10-12H2,1-7H3;1-5H;/q;;+2/t13-,17-;;/m0../s1. The summed E-state index contributed by atoms with van der Waals surface area (Å²) in [5, 5.41) is 0. The molecule has 1 saturated heterocycles. The first-order chi connectivity index (χ1) is 12.6. The fourth-order valence-corrected chi connectivity index (χ4v) is 6.84. The van der Waals surface area contributed by atoms with Gasteiger partial charge in [0.2, 0.25) is 0 Å². The van der Waals surface area contributed by atoms with Gasteiger partial charge in [-0.25, -0.2) is 0 Å². The van der Waals surface area contributed by atoms with Crippen LogP contribution >= 0.6 is 0 Å². The van der Waals surface area contributed by atoms with Gasteiger partial charge in [0.1, 0.15) is 0 Å². The van der Waals surface area contributed by atoms with Crippen LogP contribution in [0.3, 0.4) is 0 Å². The van der Waals surface area contributed by atoms with Gasteiger partial charge in [-0.05, 0) is 62.4 Å². The number of rotatable bonds is 5. The van der Waals surface area contributed by atoms with Gasteiger partial charge < -0.3 is 14.2 Å². The second-order valence-electron chi connectivity index (χ2n) is 9.24. The van der Waals surface area contributed by atoms with Crippen molar-refractivity contribution >= 4 is 16.1 Å². The van der Waals surface area contributed by atoms with Crippen molar-refractivity contribution in [2.75, 3.05) is 20.3 Å². The quantitative estimate of drug-likeness (QED) is 0.558. The zero-order valence-corrected chi connectivity index (χ0v) is 21.5. The average Bonchev–Trinajstić information content (AvgIpc) is 3.27. The van der Waals surface area contributed by atoms with Crippen molar-refractivity contribution in [2.24, 2.45) is 0 Å². The van der Waals surface area contributed by atoms with Crippen LogP contribution < -0.4 is 0 Å². The Morgan fingerprint density at radius 1 is 0.893 bits per heavy atom. The molecule has 3 aliphatic rings. The maximum atomic E-state index is 6.24. The van der Waals surface area contributed by atoms with E-state index in [0.29, 0.717) is 6.61 Å². The fourth-order valence-electron chi connectivity index (χ4n) is 3.42. The molecule has 3 fully saturated rings. The van der Waals surface area contributed by atoms with Crippen LogP contribution in [-0.4, -0.2) is 48.9 Å². The summed E-state index contributed by atoms with van der Waals surface area (Å²) in [7, 11) is -1.13. The summed E-state index contributed by atoms with van der Waals surface area (Å²) >= 11 is 0. The van der Waals surface area contributed by atoms with Gasteiger partial charge in [0.25, 0.3) is 0 Å². The smallest absolute Gasteiger partial charge is 0.382 e. The minimum atomic E-state index is -1.43. The van der Waals surface area contributed by atoms with Gasteiger partial charge in [-0.15, -0.1) is 0 Å². The number of hydrogen-bond donors (Lipinski definition) is 0. The minimum Gasteiger partial charge on any atom is -0.382 e. The van der Waals surface area contributed by atoms with Crippen LogP contribution in [0.2, 0.25) is 39.3 Å². The third-order valence-electron chi connectivity index (χ3n) is 4.78. The van der Waals surface area contributed by atoms with E-state index in [4.69, 9.17) is 14.2 Å². The monoisotopic (exact) mass is 460 g/mol. The molecule has 2 aliphatic carbocycles. The molecule has 0 bridgehead atoms. The van der Waals surface area contributed by atoms with Crippen LogP contribution in [0.4, 0.5) is 0 Å². The van der Waals surface area contributed by atoms with Crippen LogP contribution in [0.1, 0.15) is 6.42 Å². The largest absolute Gasteiger partial charge is 2.00 e. The van der Waals surface area contributed by atoms with Crippen molar-refractivity contribution in [3.8, 4) is 0 Å². The Balaban J connectivity index is 0.000000567. The molecule has 10 radical (unpaired) electrons. The average molecular weight is 461 g/mol. The first-order valence-electron chi connectivity index (χ1n) is 9.88. The molecule has 28 heavy (non-hydrogen) atoms. The van der Waals surface area contributed by atoms with Crippen molar-refractivity contribution in [1.29, 1.82) is 0 Å². The van der Waals surface area contributed by atoms with E-state index < -0.39 is 16.1 Å². The van der Waals surface area contributed by atoms with Crippen LogP contribution in [0.15, 0.2) is 0 Å². The Bertz CT molecular complexity index is 401. The summed E-state index contributed by atoms with van der Waals surface area (Å²) in [6, 6.07) is 0. The minimum absolute atomic E-state index is 0. The Labute approximate surface area is 187 Å². The third-order valence-corrected chi connectivity index (χ3v) is 8.89. The normalized spacial score (nSPS) is 28.0. The van der Waals surface area contributed by atoms with Crippen molar-refractivity contribution in [3.05, 3.63) is 61.9 Å².